The van der Waals surface area contributed by atoms with Crippen molar-refractivity contribution in [1.82, 2.24) is 14.5 Å². The van der Waals surface area contributed by atoms with Crippen molar-refractivity contribution in [2.75, 3.05) is 11.9 Å². The zero-order valence-electron chi connectivity index (χ0n) is 10.5. The second kappa shape index (κ2) is 5.63. The number of nitrogens with one attached hydrogen (secondary N) is 1. The fourth-order valence-corrected chi connectivity index (χ4v) is 1.85. The van der Waals surface area contributed by atoms with Crippen molar-refractivity contribution >= 4 is 11.9 Å². The van der Waals surface area contributed by atoms with Crippen LogP contribution in [0.5, 0.6) is 0 Å². The average Bonchev–Trinajstić information content (AvgIpc) is 2.66. The second-order valence-corrected chi connectivity index (χ2v) is 4.28. The highest BCUT2D eigenvalue weighted by Gasteiger charge is 2.43. The van der Waals surface area contributed by atoms with Crippen LogP contribution in [0.15, 0.2) is 11.1 Å². The van der Waals surface area contributed by atoms with Crippen molar-refractivity contribution in [1.29, 1.82) is 0 Å². The summed E-state index contributed by atoms with van der Waals surface area (Å²) in [4.78, 5) is 29.8. The van der Waals surface area contributed by atoms with Crippen molar-refractivity contribution in [3.05, 3.63) is 16.8 Å². The lowest BCUT2D eigenvalue weighted by Gasteiger charge is -2.16. The van der Waals surface area contributed by atoms with E-state index in [4.69, 9.17) is 9.84 Å². The van der Waals surface area contributed by atoms with Crippen molar-refractivity contribution in [2.24, 2.45) is 0 Å². The average molecular weight is 286 g/mol. The Labute approximate surface area is 112 Å². The Balaban J connectivity index is 2.26. The van der Waals surface area contributed by atoms with Gasteiger partial charge in [-0.05, 0) is 0 Å². The summed E-state index contributed by atoms with van der Waals surface area (Å²) < 4.78 is 6.04. The fourth-order valence-electron chi connectivity index (χ4n) is 1.85. The van der Waals surface area contributed by atoms with E-state index >= 15 is 0 Å². The molecular formula is C10H14N4O6. The minimum atomic E-state index is -1.40. The molecule has 1 aliphatic rings. The number of aliphatic hydroxyl groups is 3. The van der Waals surface area contributed by atoms with Gasteiger partial charge < -0.3 is 20.1 Å². The normalized spacial score (nSPS) is 29.4. The largest absolute Gasteiger partial charge is 0.394 e. The summed E-state index contributed by atoms with van der Waals surface area (Å²) >= 11 is 0. The molecule has 1 aromatic rings. The molecule has 20 heavy (non-hydrogen) atoms. The van der Waals surface area contributed by atoms with Gasteiger partial charge in [0.25, 0.3) is 0 Å². The quantitative estimate of drug-likeness (QED) is 0.466. The first-order valence-electron chi connectivity index (χ1n) is 5.79. The van der Waals surface area contributed by atoms with Gasteiger partial charge >= 0.3 is 5.69 Å². The molecule has 4 N–H and O–H groups in total. The molecule has 110 valence electrons. The molecule has 1 amide bonds. The molecule has 0 unspecified atom stereocenters. The highest BCUT2D eigenvalue weighted by Crippen LogP contribution is 2.27. The standard InChI is InChI=1S/C10H14N4O6/c1-4(16)12-9-11-3-14(10(19)13-9)8-7(18)6(17)5(2-15)20-8/h3,5-8,15,17-18H,2H2,1H3,(H,12,13,16,19)/t5-,6-,7-,8-/m1/s1. The number of hydrogen-bond acceptors (Lipinski definition) is 8. The van der Waals surface area contributed by atoms with E-state index in [-0.39, 0.29) is 5.95 Å². The Kier molecular flexibility index (Phi) is 4.09. The number of carbonyl (C=O) groups excluding carboxylic acids is 1. The van der Waals surface area contributed by atoms with Crippen LogP contribution < -0.4 is 11.0 Å². The fraction of sp³-hybridized carbons (Fsp3) is 0.600. The molecule has 10 heteroatoms. The highest BCUT2D eigenvalue weighted by atomic mass is 16.6. The maximum atomic E-state index is 11.8. The van der Waals surface area contributed by atoms with Gasteiger partial charge in [-0.3, -0.25) is 14.7 Å². The first-order valence-corrected chi connectivity index (χ1v) is 5.79. The van der Waals surface area contributed by atoms with Gasteiger partial charge in [0.15, 0.2) is 6.23 Å². The van der Waals surface area contributed by atoms with Crippen LogP contribution in [0.3, 0.4) is 0 Å². The van der Waals surface area contributed by atoms with Gasteiger partial charge in [0.05, 0.1) is 6.61 Å². The number of aromatic nitrogens is 3. The zero-order valence-corrected chi connectivity index (χ0v) is 10.5. The van der Waals surface area contributed by atoms with Crippen molar-refractivity contribution in [2.45, 2.75) is 31.5 Å². The van der Waals surface area contributed by atoms with E-state index in [9.17, 15) is 19.8 Å². The Hall–Kier alpha value is -1.88. The number of rotatable bonds is 3. The third-order valence-electron chi connectivity index (χ3n) is 2.81. The van der Waals surface area contributed by atoms with Gasteiger partial charge in [-0.25, -0.2) is 9.78 Å². The van der Waals surface area contributed by atoms with E-state index < -0.39 is 42.7 Å². The van der Waals surface area contributed by atoms with Crippen molar-refractivity contribution in [3.63, 3.8) is 0 Å². The SMILES string of the molecule is CC(=O)Nc1ncn([C@@H]2O[C@H](CO)[C@@H](O)[C@H]2O)c(=O)n1. The molecule has 0 spiro atoms. The minimum absolute atomic E-state index is 0.175. The van der Waals surface area contributed by atoms with Gasteiger partial charge in [-0.15, -0.1) is 0 Å². The molecule has 1 saturated heterocycles. The monoisotopic (exact) mass is 286 g/mol. The molecule has 10 nitrogen and oxygen atoms in total. The Bertz CT molecular complexity index is 561. The second-order valence-electron chi connectivity index (χ2n) is 4.28. The van der Waals surface area contributed by atoms with Crippen LogP contribution in [0.1, 0.15) is 13.2 Å². The van der Waals surface area contributed by atoms with Crippen LogP contribution >= 0.6 is 0 Å². The zero-order chi connectivity index (χ0) is 14.9. The third kappa shape index (κ3) is 2.67. The Morgan fingerprint density at radius 3 is 2.70 bits per heavy atom. The smallest absolute Gasteiger partial charge is 0.354 e. The summed E-state index contributed by atoms with van der Waals surface area (Å²) in [5.41, 5.74) is -0.821. The maximum Gasteiger partial charge on any atom is 0.354 e. The molecule has 1 aromatic heterocycles. The summed E-state index contributed by atoms with van der Waals surface area (Å²) in [6, 6.07) is 0. The van der Waals surface area contributed by atoms with Gasteiger partial charge in [0.2, 0.25) is 11.9 Å². The molecule has 1 aliphatic heterocycles. The van der Waals surface area contributed by atoms with E-state index in [1.54, 1.807) is 0 Å². The molecule has 2 heterocycles. The van der Waals surface area contributed by atoms with E-state index in [1.165, 1.54) is 6.92 Å². The van der Waals surface area contributed by atoms with E-state index in [0.29, 0.717) is 0 Å². The number of carbonyl (C=O) groups is 1. The summed E-state index contributed by atoms with van der Waals surface area (Å²) in [5.74, 6) is -0.611. The maximum absolute atomic E-state index is 11.8. The highest BCUT2D eigenvalue weighted by molar-refractivity contribution is 5.86. The van der Waals surface area contributed by atoms with Crippen LogP contribution in [0.25, 0.3) is 0 Å². The summed E-state index contributed by atoms with van der Waals surface area (Å²) in [5, 5.41) is 30.6. The molecule has 0 bridgehead atoms. The Morgan fingerprint density at radius 1 is 1.50 bits per heavy atom. The van der Waals surface area contributed by atoms with Gasteiger partial charge in [0, 0.05) is 6.92 Å². The van der Waals surface area contributed by atoms with Crippen LogP contribution in [-0.4, -0.2) is 60.7 Å². The summed E-state index contributed by atoms with van der Waals surface area (Å²) in [6.45, 7) is 0.731. The van der Waals surface area contributed by atoms with Gasteiger partial charge in [0.1, 0.15) is 24.6 Å². The van der Waals surface area contributed by atoms with E-state index in [1.807, 2.05) is 0 Å². The number of aliphatic hydroxyl groups excluding tert-OH is 3. The van der Waals surface area contributed by atoms with Gasteiger partial charge in [-0.1, -0.05) is 0 Å². The lowest BCUT2D eigenvalue weighted by molar-refractivity contribution is -0.114. The first kappa shape index (κ1) is 14.5. The lowest BCUT2D eigenvalue weighted by Crippen LogP contribution is -2.36. The molecule has 0 radical (unpaired) electrons. The van der Waals surface area contributed by atoms with Crippen LogP contribution in [0.2, 0.25) is 0 Å². The number of hydrogen-bond donors (Lipinski definition) is 4. The predicted octanol–water partition coefficient (Wildman–Crippen LogP) is -2.79. The summed E-state index contributed by atoms with van der Waals surface area (Å²) in [6.07, 6.45) is -3.91. The molecule has 0 aliphatic carbocycles. The third-order valence-corrected chi connectivity index (χ3v) is 2.81. The van der Waals surface area contributed by atoms with Crippen LogP contribution in [0, 0.1) is 0 Å². The van der Waals surface area contributed by atoms with E-state index in [0.717, 1.165) is 10.9 Å². The number of ether oxygens (including phenoxy) is 1. The van der Waals surface area contributed by atoms with Crippen LogP contribution in [-0.2, 0) is 9.53 Å². The number of anilines is 1. The molecule has 2 rings (SSSR count). The Morgan fingerprint density at radius 2 is 2.20 bits per heavy atom. The van der Waals surface area contributed by atoms with Crippen molar-refractivity contribution in [3.8, 4) is 0 Å². The number of amides is 1. The summed E-state index contributed by atoms with van der Waals surface area (Å²) in [7, 11) is 0. The predicted molar refractivity (Wildman–Crippen MR) is 63.6 cm³/mol. The molecule has 4 atom stereocenters. The van der Waals surface area contributed by atoms with E-state index in [2.05, 4.69) is 15.3 Å². The number of nitrogens with zero attached hydrogens (tertiary/aromatic N) is 3. The lowest BCUT2D eigenvalue weighted by atomic mass is 10.1. The molecule has 1 fully saturated rings. The van der Waals surface area contributed by atoms with Crippen LogP contribution in [0.4, 0.5) is 5.95 Å². The molecular weight excluding hydrogens is 272 g/mol. The molecule has 0 aromatic carbocycles. The first-order chi connectivity index (χ1) is 9.43. The topological polar surface area (TPSA) is 147 Å². The molecule has 0 saturated carbocycles. The minimum Gasteiger partial charge on any atom is -0.394 e. The van der Waals surface area contributed by atoms with Crippen molar-refractivity contribution < 1.29 is 24.9 Å². The van der Waals surface area contributed by atoms with Gasteiger partial charge in [-0.2, -0.15) is 4.98 Å².